The van der Waals surface area contributed by atoms with Gasteiger partial charge in [-0.1, -0.05) is 42.3 Å². The Morgan fingerprint density at radius 2 is 1.20 bits per heavy atom. The number of nitrogen functional groups attached to an aromatic ring is 1. The summed E-state index contributed by atoms with van der Waals surface area (Å²) in [6.07, 6.45) is 0. The number of benzene rings is 2. The number of aryl methyl sites for hydroxylation is 5. The third-order valence-electron chi connectivity index (χ3n) is 4.20. The molecule has 0 aliphatic carbocycles. The Balaban J connectivity index is 2.60. The molecule has 0 aromatic heterocycles. The zero-order valence-electron chi connectivity index (χ0n) is 13.5. The molecule has 2 aromatic rings. The summed E-state index contributed by atoms with van der Waals surface area (Å²) < 4.78 is 0. The summed E-state index contributed by atoms with van der Waals surface area (Å²) in [5.74, 6) is 0.328. The molecule has 0 aliphatic rings. The SMILES string of the molecule is Cc1cc(C)c([C@@H](C)c2cc(C)cc(C)c2N)c(C)c1. The predicted octanol–water partition coefficient (Wildman–Crippen LogP) is 4.96. The summed E-state index contributed by atoms with van der Waals surface area (Å²) in [7, 11) is 0. The molecule has 2 N–H and O–H groups in total. The van der Waals surface area contributed by atoms with Crippen molar-refractivity contribution in [1.82, 2.24) is 0 Å². The molecule has 1 nitrogen and oxygen atoms in total. The van der Waals surface area contributed by atoms with Crippen LogP contribution in [0.3, 0.4) is 0 Å². The maximum absolute atomic E-state index is 6.32. The first-order valence-corrected chi connectivity index (χ1v) is 7.25. The van der Waals surface area contributed by atoms with Gasteiger partial charge in [0.1, 0.15) is 0 Å². The van der Waals surface area contributed by atoms with E-state index in [0.717, 1.165) is 5.69 Å². The van der Waals surface area contributed by atoms with Crippen molar-refractivity contribution in [2.24, 2.45) is 0 Å². The summed E-state index contributed by atoms with van der Waals surface area (Å²) in [6, 6.07) is 8.90. The molecule has 0 bridgehead atoms. The summed E-state index contributed by atoms with van der Waals surface area (Å²) in [5, 5.41) is 0. The molecule has 0 radical (unpaired) electrons. The van der Waals surface area contributed by atoms with E-state index in [-0.39, 0.29) is 0 Å². The van der Waals surface area contributed by atoms with Crippen molar-refractivity contribution >= 4 is 5.69 Å². The average molecular weight is 267 g/mol. The molecular weight excluding hydrogens is 242 g/mol. The van der Waals surface area contributed by atoms with Gasteiger partial charge in [-0.15, -0.1) is 0 Å². The van der Waals surface area contributed by atoms with E-state index in [2.05, 4.69) is 65.8 Å². The van der Waals surface area contributed by atoms with Crippen LogP contribution in [0.4, 0.5) is 5.69 Å². The van der Waals surface area contributed by atoms with Crippen LogP contribution in [0.25, 0.3) is 0 Å². The highest BCUT2D eigenvalue weighted by Crippen LogP contribution is 2.35. The topological polar surface area (TPSA) is 26.0 Å². The van der Waals surface area contributed by atoms with Crippen molar-refractivity contribution in [3.63, 3.8) is 0 Å². The van der Waals surface area contributed by atoms with Gasteiger partial charge in [0.05, 0.1) is 0 Å². The summed E-state index contributed by atoms with van der Waals surface area (Å²) in [6.45, 7) is 13.0. The van der Waals surface area contributed by atoms with Gasteiger partial charge in [0.15, 0.2) is 0 Å². The maximum Gasteiger partial charge on any atom is 0.0382 e. The zero-order chi connectivity index (χ0) is 15.0. The molecule has 0 spiro atoms. The van der Waals surface area contributed by atoms with Gasteiger partial charge in [0.2, 0.25) is 0 Å². The highest BCUT2D eigenvalue weighted by atomic mass is 14.6. The fraction of sp³-hybridized carbons (Fsp3) is 0.368. The first kappa shape index (κ1) is 14.6. The lowest BCUT2D eigenvalue weighted by molar-refractivity contribution is 0.895. The maximum atomic E-state index is 6.32. The van der Waals surface area contributed by atoms with Crippen LogP contribution in [0.1, 0.15) is 51.8 Å². The van der Waals surface area contributed by atoms with Gasteiger partial charge < -0.3 is 5.73 Å². The second-order valence-electron chi connectivity index (χ2n) is 6.12. The first-order chi connectivity index (χ1) is 9.31. The number of nitrogens with two attached hydrogens (primary N) is 1. The second kappa shape index (κ2) is 5.32. The number of rotatable bonds is 2. The van der Waals surface area contributed by atoms with Crippen LogP contribution >= 0.6 is 0 Å². The Bertz CT molecular complexity index is 630. The molecule has 0 aliphatic heterocycles. The van der Waals surface area contributed by atoms with E-state index in [1.54, 1.807) is 0 Å². The van der Waals surface area contributed by atoms with Gasteiger partial charge in [-0.3, -0.25) is 0 Å². The van der Waals surface area contributed by atoms with E-state index in [0.29, 0.717) is 5.92 Å². The van der Waals surface area contributed by atoms with Crippen LogP contribution in [0.2, 0.25) is 0 Å². The molecule has 1 atom stereocenters. The summed E-state index contributed by atoms with van der Waals surface area (Å²) >= 11 is 0. The quantitative estimate of drug-likeness (QED) is 0.764. The number of hydrogen-bond acceptors (Lipinski definition) is 1. The lowest BCUT2D eigenvalue weighted by Crippen LogP contribution is -2.07. The van der Waals surface area contributed by atoms with E-state index < -0.39 is 0 Å². The normalized spacial score (nSPS) is 12.5. The van der Waals surface area contributed by atoms with E-state index in [4.69, 9.17) is 5.73 Å². The highest BCUT2D eigenvalue weighted by Gasteiger charge is 2.17. The number of anilines is 1. The van der Waals surface area contributed by atoms with Gasteiger partial charge in [-0.05, 0) is 62.4 Å². The Kier molecular flexibility index (Phi) is 3.89. The Hall–Kier alpha value is -1.76. The second-order valence-corrected chi connectivity index (χ2v) is 6.12. The summed E-state index contributed by atoms with van der Waals surface area (Å²) in [4.78, 5) is 0. The highest BCUT2D eigenvalue weighted by molar-refractivity contribution is 5.59. The van der Waals surface area contributed by atoms with Crippen molar-refractivity contribution in [3.05, 3.63) is 63.2 Å². The van der Waals surface area contributed by atoms with Crippen molar-refractivity contribution in [1.29, 1.82) is 0 Å². The first-order valence-electron chi connectivity index (χ1n) is 7.25. The third-order valence-corrected chi connectivity index (χ3v) is 4.20. The molecule has 0 fully saturated rings. The van der Waals surface area contributed by atoms with Crippen LogP contribution in [0.5, 0.6) is 0 Å². The summed E-state index contributed by atoms with van der Waals surface area (Å²) in [5.41, 5.74) is 16.4. The van der Waals surface area contributed by atoms with Crippen molar-refractivity contribution in [2.75, 3.05) is 5.73 Å². The van der Waals surface area contributed by atoms with E-state index in [1.165, 1.54) is 38.9 Å². The molecule has 0 amide bonds. The monoisotopic (exact) mass is 267 g/mol. The van der Waals surface area contributed by atoms with Gasteiger partial charge in [0.25, 0.3) is 0 Å². The van der Waals surface area contributed by atoms with Crippen LogP contribution in [0.15, 0.2) is 24.3 Å². The average Bonchev–Trinajstić information content (AvgIpc) is 2.32. The van der Waals surface area contributed by atoms with Gasteiger partial charge in [-0.2, -0.15) is 0 Å². The molecule has 20 heavy (non-hydrogen) atoms. The number of hydrogen-bond donors (Lipinski definition) is 1. The molecule has 0 saturated carbocycles. The minimum absolute atomic E-state index is 0.328. The van der Waals surface area contributed by atoms with Crippen LogP contribution in [-0.4, -0.2) is 0 Å². The Morgan fingerprint density at radius 3 is 1.75 bits per heavy atom. The fourth-order valence-corrected chi connectivity index (χ4v) is 3.40. The Morgan fingerprint density at radius 1 is 0.750 bits per heavy atom. The Labute approximate surface area is 122 Å². The molecule has 2 rings (SSSR count). The lowest BCUT2D eigenvalue weighted by atomic mass is 9.84. The molecule has 0 unspecified atom stereocenters. The third kappa shape index (κ3) is 2.58. The van der Waals surface area contributed by atoms with E-state index >= 15 is 0 Å². The van der Waals surface area contributed by atoms with Crippen LogP contribution < -0.4 is 5.73 Å². The molecule has 0 saturated heterocycles. The zero-order valence-corrected chi connectivity index (χ0v) is 13.5. The minimum atomic E-state index is 0.328. The van der Waals surface area contributed by atoms with Crippen LogP contribution in [-0.2, 0) is 0 Å². The minimum Gasteiger partial charge on any atom is -0.398 e. The van der Waals surface area contributed by atoms with Gasteiger partial charge in [0, 0.05) is 11.6 Å². The van der Waals surface area contributed by atoms with Crippen LogP contribution in [0, 0.1) is 34.6 Å². The van der Waals surface area contributed by atoms with E-state index in [1.807, 2.05) is 0 Å². The smallest absolute Gasteiger partial charge is 0.0382 e. The van der Waals surface area contributed by atoms with Crippen molar-refractivity contribution < 1.29 is 0 Å². The lowest BCUT2D eigenvalue weighted by Gasteiger charge is -2.22. The molecule has 2 aromatic carbocycles. The molecule has 106 valence electrons. The van der Waals surface area contributed by atoms with E-state index in [9.17, 15) is 0 Å². The molecule has 1 heteroatoms. The molecule has 0 heterocycles. The standard InChI is InChI=1S/C19H25N/c1-11-7-13(3)18(14(4)8-11)16(6)17-10-12(2)9-15(5)19(17)20/h7-10,16H,20H2,1-6H3/t16-/m0/s1. The van der Waals surface area contributed by atoms with Gasteiger partial charge >= 0.3 is 0 Å². The fourth-order valence-electron chi connectivity index (χ4n) is 3.40. The van der Waals surface area contributed by atoms with Crippen molar-refractivity contribution in [2.45, 2.75) is 47.5 Å². The predicted molar refractivity (Wildman–Crippen MR) is 88.5 cm³/mol. The largest absolute Gasteiger partial charge is 0.398 e. The molecular formula is C19H25N. The van der Waals surface area contributed by atoms with Gasteiger partial charge in [-0.25, -0.2) is 0 Å². The van der Waals surface area contributed by atoms with Crippen molar-refractivity contribution in [3.8, 4) is 0 Å².